The SMILES string of the molecule is COCCCOc1cncc([B-](F)(F)F)c1. The van der Waals surface area contributed by atoms with Crippen molar-refractivity contribution in [3.8, 4) is 5.75 Å². The standard InChI is InChI=1S/C9H12BF3NO2/c1-15-3-2-4-16-9-5-8(6-14-7-9)10(11,12)13/h5-7H,2-4H2,1H3/q-1. The van der Waals surface area contributed by atoms with Gasteiger partial charge < -0.3 is 22.4 Å². The minimum absolute atomic E-state index is 0.132. The number of ether oxygens (including phenoxy) is 2. The summed E-state index contributed by atoms with van der Waals surface area (Å²) in [5.74, 6) is 0.132. The first-order valence-corrected chi connectivity index (χ1v) is 4.80. The van der Waals surface area contributed by atoms with E-state index in [4.69, 9.17) is 9.47 Å². The van der Waals surface area contributed by atoms with Gasteiger partial charge in [0.2, 0.25) is 0 Å². The van der Waals surface area contributed by atoms with Gasteiger partial charge in [-0.15, -0.1) is 0 Å². The maximum atomic E-state index is 12.4. The van der Waals surface area contributed by atoms with E-state index in [1.165, 1.54) is 6.20 Å². The number of methoxy groups -OCH3 is 1. The Bertz CT molecular complexity index is 333. The first-order chi connectivity index (χ1) is 7.54. The van der Waals surface area contributed by atoms with Crippen LogP contribution in [0.3, 0.4) is 0 Å². The normalized spacial score (nSPS) is 11.5. The Hall–Kier alpha value is -1.24. The third-order valence-electron chi connectivity index (χ3n) is 1.87. The van der Waals surface area contributed by atoms with Gasteiger partial charge in [0.15, 0.2) is 0 Å². The van der Waals surface area contributed by atoms with E-state index < -0.39 is 12.4 Å². The summed E-state index contributed by atoms with van der Waals surface area (Å²) in [6.07, 6.45) is 2.68. The Kier molecular flexibility index (Phi) is 4.60. The lowest BCUT2D eigenvalue weighted by Gasteiger charge is -2.15. The smallest absolute Gasteiger partial charge is 0.492 e. The highest BCUT2D eigenvalue weighted by Gasteiger charge is 2.26. The summed E-state index contributed by atoms with van der Waals surface area (Å²) in [5, 5.41) is 0. The molecule has 1 aromatic rings. The molecule has 0 unspecified atom stereocenters. The molecule has 1 aromatic heterocycles. The van der Waals surface area contributed by atoms with Crippen LogP contribution in [0.25, 0.3) is 0 Å². The molecule has 16 heavy (non-hydrogen) atoms. The first kappa shape index (κ1) is 12.8. The zero-order valence-corrected chi connectivity index (χ0v) is 8.83. The number of rotatable bonds is 6. The quantitative estimate of drug-likeness (QED) is 0.552. The van der Waals surface area contributed by atoms with Crippen LogP contribution in [0.5, 0.6) is 5.75 Å². The molecule has 0 fully saturated rings. The van der Waals surface area contributed by atoms with Crippen molar-refractivity contribution in [3.05, 3.63) is 18.5 Å². The Morgan fingerprint density at radius 1 is 1.25 bits per heavy atom. The van der Waals surface area contributed by atoms with Crippen molar-refractivity contribution in [1.82, 2.24) is 4.98 Å². The number of hydrogen-bond acceptors (Lipinski definition) is 3. The van der Waals surface area contributed by atoms with Crippen LogP contribution in [-0.2, 0) is 4.74 Å². The van der Waals surface area contributed by atoms with Crippen LogP contribution in [0.4, 0.5) is 12.9 Å². The zero-order valence-electron chi connectivity index (χ0n) is 8.83. The summed E-state index contributed by atoms with van der Waals surface area (Å²) in [4.78, 5) is 3.49. The second kappa shape index (κ2) is 5.74. The molecule has 0 aromatic carbocycles. The van der Waals surface area contributed by atoms with Gasteiger partial charge in [0, 0.05) is 26.3 Å². The van der Waals surface area contributed by atoms with Crippen LogP contribution in [0.15, 0.2) is 18.5 Å². The predicted molar refractivity (Wildman–Crippen MR) is 54.9 cm³/mol. The maximum absolute atomic E-state index is 12.4. The average Bonchev–Trinajstić information content (AvgIpc) is 2.24. The van der Waals surface area contributed by atoms with Crippen molar-refractivity contribution in [3.63, 3.8) is 0 Å². The molecule has 0 saturated heterocycles. The molecular formula is C9H12BF3NO2-. The van der Waals surface area contributed by atoms with Gasteiger partial charge in [0.05, 0.1) is 12.8 Å². The van der Waals surface area contributed by atoms with E-state index in [0.29, 0.717) is 19.6 Å². The van der Waals surface area contributed by atoms with Crippen molar-refractivity contribution >= 4 is 12.4 Å². The van der Waals surface area contributed by atoms with Crippen molar-refractivity contribution in [2.75, 3.05) is 20.3 Å². The lowest BCUT2D eigenvalue weighted by Crippen LogP contribution is -2.34. The molecule has 0 aliphatic carbocycles. The largest absolute Gasteiger partial charge is 0.511 e. The van der Waals surface area contributed by atoms with Gasteiger partial charge in [-0.2, -0.15) is 0 Å². The number of hydrogen-bond donors (Lipinski definition) is 0. The molecule has 0 aliphatic rings. The first-order valence-electron chi connectivity index (χ1n) is 4.80. The molecule has 90 valence electrons. The molecule has 0 bridgehead atoms. The van der Waals surface area contributed by atoms with Gasteiger partial charge in [-0.25, -0.2) is 0 Å². The van der Waals surface area contributed by atoms with Crippen LogP contribution in [0.2, 0.25) is 0 Å². The lowest BCUT2D eigenvalue weighted by atomic mass is 9.81. The molecule has 0 N–H and O–H groups in total. The molecule has 0 saturated carbocycles. The maximum Gasteiger partial charge on any atom is 0.511 e. The number of aromatic nitrogens is 1. The molecule has 1 rings (SSSR count). The Morgan fingerprint density at radius 3 is 2.62 bits per heavy atom. The molecule has 0 atom stereocenters. The topological polar surface area (TPSA) is 31.4 Å². The van der Waals surface area contributed by atoms with Crippen LogP contribution >= 0.6 is 0 Å². The Labute approximate surface area is 91.6 Å². The molecule has 0 aliphatic heterocycles. The number of pyridine rings is 1. The van der Waals surface area contributed by atoms with Crippen LogP contribution in [0, 0.1) is 0 Å². The molecule has 0 amide bonds. The van der Waals surface area contributed by atoms with E-state index in [1.807, 2.05) is 0 Å². The van der Waals surface area contributed by atoms with Gasteiger partial charge in [0.25, 0.3) is 0 Å². The van der Waals surface area contributed by atoms with E-state index >= 15 is 0 Å². The van der Waals surface area contributed by atoms with E-state index in [0.717, 1.165) is 12.3 Å². The fourth-order valence-electron chi connectivity index (χ4n) is 1.09. The predicted octanol–water partition coefficient (Wildman–Crippen LogP) is 1.55. The van der Waals surface area contributed by atoms with Crippen LogP contribution in [-0.4, -0.2) is 32.3 Å². The van der Waals surface area contributed by atoms with Crippen molar-refractivity contribution in [1.29, 1.82) is 0 Å². The fourth-order valence-corrected chi connectivity index (χ4v) is 1.09. The summed E-state index contributed by atoms with van der Waals surface area (Å²) in [7, 11) is 1.55. The average molecular weight is 234 g/mol. The number of nitrogens with zero attached hydrogens (tertiary/aromatic N) is 1. The summed E-state index contributed by atoms with van der Waals surface area (Å²) in [6.45, 7) is -4.20. The highest BCUT2D eigenvalue weighted by Crippen LogP contribution is 2.13. The van der Waals surface area contributed by atoms with E-state index in [2.05, 4.69) is 4.98 Å². The fraction of sp³-hybridized carbons (Fsp3) is 0.444. The number of halogens is 3. The molecule has 0 radical (unpaired) electrons. The minimum Gasteiger partial charge on any atom is -0.492 e. The highest BCUT2D eigenvalue weighted by atomic mass is 19.4. The van der Waals surface area contributed by atoms with Gasteiger partial charge in [-0.05, 0) is 6.07 Å². The van der Waals surface area contributed by atoms with Gasteiger partial charge in [-0.3, -0.25) is 4.98 Å². The molecular weight excluding hydrogens is 222 g/mol. The lowest BCUT2D eigenvalue weighted by molar-refractivity contribution is 0.172. The van der Waals surface area contributed by atoms with Crippen molar-refractivity contribution < 1.29 is 22.4 Å². The summed E-state index contributed by atoms with van der Waals surface area (Å²) < 4.78 is 47.0. The van der Waals surface area contributed by atoms with Crippen LogP contribution < -0.4 is 10.2 Å². The third kappa shape index (κ3) is 4.10. The second-order valence-corrected chi connectivity index (χ2v) is 3.22. The van der Waals surface area contributed by atoms with Gasteiger partial charge in [0.1, 0.15) is 5.75 Å². The summed E-state index contributed by atoms with van der Waals surface area (Å²) >= 11 is 0. The monoisotopic (exact) mass is 234 g/mol. The van der Waals surface area contributed by atoms with E-state index in [-0.39, 0.29) is 5.75 Å². The molecule has 1 heterocycles. The van der Waals surface area contributed by atoms with Gasteiger partial charge >= 0.3 is 6.98 Å². The Morgan fingerprint density at radius 2 is 2.00 bits per heavy atom. The highest BCUT2D eigenvalue weighted by molar-refractivity contribution is 6.73. The van der Waals surface area contributed by atoms with Crippen molar-refractivity contribution in [2.24, 2.45) is 0 Å². The minimum atomic E-state index is -5.02. The van der Waals surface area contributed by atoms with Crippen molar-refractivity contribution in [2.45, 2.75) is 6.42 Å². The summed E-state index contributed by atoms with van der Waals surface area (Å²) in [6, 6.07) is 0.958. The van der Waals surface area contributed by atoms with Crippen LogP contribution in [0.1, 0.15) is 6.42 Å². The Balaban J connectivity index is 2.54. The summed E-state index contributed by atoms with van der Waals surface area (Å²) in [5.41, 5.74) is -0.746. The zero-order chi connectivity index (χ0) is 12.0. The molecule has 3 nitrogen and oxygen atoms in total. The van der Waals surface area contributed by atoms with Gasteiger partial charge in [-0.1, -0.05) is 5.46 Å². The molecule has 7 heteroatoms. The second-order valence-electron chi connectivity index (χ2n) is 3.22. The van der Waals surface area contributed by atoms with E-state index in [1.54, 1.807) is 7.11 Å². The van der Waals surface area contributed by atoms with E-state index in [9.17, 15) is 12.9 Å². The molecule has 0 spiro atoms. The third-order valence-corrected chi connectivity index (χ3v) is 1.87.